The third kappa shape index (κ3) is 3.30. The summed E-state index contributed by atoms with van der Waals surface area (Å²) in [4.78, 5) is 6.92. The normalized spacial score (nSPS) is 26.7. The fourth-order valence-corrected chi connectivity index (χ4v) is 3.99. The largest absolute Gasteiger partial charge is 0.338 e. The van der Waals surface area contributed by atoms with Crippen LogP contribution in [-0.4, -0.2) is 40.4 Å². The van der Waals surface area contributed by atoms with Gasteiger partial charge < -0.3 is 15.2 Å². The molecule has 6 heteroatoms. The first-order chi connectivity index (χ1) is 9.33. The van der Waals surface area contributed by atoms with Gasteiger partial charge in [0.15, 0.2) is 5.82 Å². The molecule has 106 valence electrons. The molecule has 5 nitrogen and oxygen atoms in total. The van der Waals surface area contributed by atoms with Crippen LogP contribution < -0.4 is 5.73 Å². The molecule has 0 amide bonds. The second-order valence-corrected chi connectivity index (χ2v) is 6.77. The van der Waals surface area contributed by atoms with Crippen molar-refractivity contribution in [2.75, 3.05) is 25.4 Å². The van der Waals surface area contributed by atoms with Crippen molar-refractivity contribution < 1.29 is 4.52 Å². The fourth-order valence-electron chi connectivity index (χ4n) is 2.80. The number of nitrogens with two attached hydrogens (primary N) is 1. The van der Waals surface area contributed by atoms with Crippen LogP contribution in [0.15, 0.2) is 4.52 Å². The summed E-state index contributed by atoms with van der Waals surface area (Å²) in [6.07, 6.45) is 6.30. The van der Waals surface area contributed by atoms with Crippen LogP contribution in [0.1, 0.15) is 55.1 Å². The van der Waals surface area contributed by atoms with Gasteiger partial charge in [0.25, 0.3) is 0 Å². The van der Waals surface area contributed by atoms with E-state index >= 15 is 0 Å². The zero-order chi connectivity index (χ0) is 13.1. The second kappa shape index (κ2) is 6.24. The van der Waals surface area contributed by atoms with Gasteiger partial charge in [0.1, 0.15) is 0 Å². The first kappa shape index (κ1) is 13.4. The molecule has 19 heavy (non-hydrogen) atoms. The quantitative estimate of drug-likeness (QED) is 0.912. The minimum absolute atomic E-state index is 0.123. The number of nitrogens with zero attached hydrogens (tertiary/aromatic N) is 3. The lowest BCUT2D eigenvalue weighted by Gasteiger charge is -2.27. The molecule has 2 atom stereocenters. The average molecular weight is 282 g/mol. The summed E-state index contributed by atoms with van der Waals surface area (Å²) in [6.45, 7) is 3.14. The molecule has 2 N–H and O–H groups in total. The molecule has 2 fully saturated rings. The van der Waals surface area contributed by atoms with Crippen LogP contribution in [0.3, 0.4) is 0 Å². The number of thioether (sulfide) groups is 1. The van der Waals surface area contributed by atoms with E-state index in [1.807, 2.05) is 11.8 Å². The van der Waals surface area contributed by atoms with Crippen LogP contribution in [0, 0.1) is 0 Å². The molecule has 2 aliphatic rings. The lowest BCUT2D eigenvalue weighted by molar-refractivity contribution is 0.213. The Morgan fingerprint density at radius 3 is 2.89 bits per heavy atom. The zero-order valence-corrected chi connectivity index (χ0v) is 12.1. The van der Waals surface area contributed by atoms with Crippen molar-refractivity contribution in [2.45, 2.75) is 43.4 Å². The maximum atomic E-state index is 6.20. The summed E-state index contributed by atoms with van der Waals surface area (Å²) in [5, 5.41) is 4.47. The Balaban J connectivity index is 1.58. The monoisotopic (exact) mass is 282 g/mol. The number of aromatic nitrogens is 2. The fraction of sp³-hybridized carbons (Fsp3) is 0.846. The van der Waals surface area contributed by atoms with Gasteiger partial charge in [-0.15, -0.1) is 11.8 Å². The number of piperidine rings is 1. The minimum atomic E-state index is -0.123. The molecule has 3 heterocycles. The SMILES string of the molecule is NC(CN1CCCCC1)c1noc(C2CCCS2)n1. The van der Waals surface area contributed by atoms with Crippen molar-refractivity contribution in [1.29, 1.82) is 0 Å². The number of likely N-dealkylation sites (tertiary alicyclic amines) is 1. The Kier molecular flexibility index (Phi) is 4.40. The second-order valence-electron chi connectivity index (χ2n) is 5.46. The summed E-state index contributed by atoms with van der Waals surface area (Å²) in [7, 11) is 0. The summed E-state index contributed by atoms with van der Waals surface area (Å²) >= 11 is 1.91. The van der Waals surface area contributed by atoms with E-state index in [0.29, 0.717) is 11.1 Å². The van der Waals surface area contributed by atoms with Gasteiger partial charge in [-0.2, -0.15) is 4.98 Å². The highest BCUT2D eigenvalue weighted by molar-refractivity contribution is 7.99. The molecule has 0 aliphatic carbocycles. The summed E-state index contributed by atoms with van der Waals surface area (Å²) in [6, 6.07) is -0.123. The molecule has 2 saturated heterocycles. The molecule has 0 aromatic carbocycles. The molecule has 3 rings (SSSR count). The summed E-state index contributed by atoms with van der Waals surface area (Å²) in [5.41, 5.74) is 6.20. The van der Waals surface area contributed by atoms with E-state index in [0.717, 1.165) is 31.9 Å². The van der Waals surface area contributed by atoms with Gasteiger partial charge in [-0.3, -0.25) is 0 Å². The Bertz CT molecular complexity index is 399. The van der Waals surface area contributed by atoms with Crippen LogP contribution in [0.5, 0.6) is 0 Å². The van der Waals surface area contributed by atoms with Gasteiger partial charge >= 0.3 is 0 Å². The van der Waals surface area contributed by atoms with Crippen LogP contribution in [-0.2, 0) is 0 Å². The van der Waals surface area contributed by atoms with Crippen LogP contribution in [0.4, 0.5) is 0 Å². The Hall–Kier alpha value is -0.590. The molecule has 0 bridgehead atoms. The van der Waals surface area contributed by atoms with E-state index in [9.17, 15) is 0 Å². The maximum absolute atomic E-state index is 6.20. The zero-order valence-electron chi connectivity index (χ0n) is 11.3. The summed E-state index contributed by atoms with van der Waals surface area (Å²) in [5.74, 6) is 2.64. The molecule has 0 radical (unpaired) electrons. The third-order valence-electron chi connectivity index (χ3n) is 3.90. The van der Waals surface area contributed by atoms with Crippen molar-refractivity contribution in [2.24, 2.45) is 5.73 Å². The van der Waals surface area contributed by atoms with Crippen LogP contribution in [0.25, 0.3) is 0 Å². The van der Waals surface area contributed by atoms with E-state index < -0.39 is 0 Å². The highest BCUT2D eigenvalue weighted by atomic mass is 32.2. The average Bonchev–Trinajstić information content (AvgIpc) is 3.11. The number of hydrogen-bond donors (Lipinski definition) is 1. The van der Waals surface area contributed by atoms with Gasteiger partial charge in [-0.25, -0.2) is 0 Å². The molecule has 0 spiro atoms. The predicted molar refractivity (Wildman–Crippen MR) is 76.0 cm³/mol. The molecule has 1 aromatic rings. The van der Waals surface area contributed by atoms with E-state index in [-0.39, 0.29) is 6.04 Å². The number of hydrogen-bond acceptors (Lipinski definition) is 6. The van der Waals surface area contributed by atoms with Gasteiger partial charge in [0.2, 0.25) is 5.89 Å². The van der Waals surface area contributed by atoms with Crippen molar-refractivity contribution in [1.82, 2.24) is 15.0 Å². The molecule has 2 unspecified atom stereocenters. The Morgan fingerprint density at radius 2 is 2.16 bits per heavy atom. The van der Waals surface area contributed by atoms with Crippen molar-refractivity contribution in [3.8, 4) is 0 Å². The predicted octanol–water partition coefficient (Wildman–Crippen LogP) is 2.12. The van der Waals surface area contributed by atoms with E-state index in [4.69, 9.17) is 10.3 Å². The van der Waals surface area contributed by atoms with E-state index in [2.05, 4.69) is 15.0 Å². The molecule has 2 aliphatic heterocycles. The van der Waals surface area contributed by atoms with E-state index in [1.54, 1.807) is 0 Å². The molecule has 0 saturated carbocycles. The van der Waals surface area contributed by atoms with Crippen molar-refractivity contribution >= 4 is 11.8 Å². The van der Waals surface area contributed by atoms with Crippen molar-refractivity contribution in [3.05, 3.63) is 11.7 Å². The minimum Gasteiger partial charge on any atom is -0.338 e. The lowest BCUT2D eigenvalue weighted by atomic mass is 10.1. The standard InChI is InChI=1S/C13H22N4OS/c14-10(9-17-6-2-1-3-7-17)12-15-13(18-16-12)11-5-4-8-19-11/h10-11H,1-9,14H2. The maximum Gasteiger partial charge on any atom is 0.239 e. The lowest BCUT2D eigenvalue weighted by Crippen LogP contribution is -2.36. The molecular formula is C13H22N4OS. The van der Waals surface area contributed by atoms with Crippen molar-refractivity contribution in [3.63, 3.8) is 0 Å². The first-order valence-corrected chi connectivity index (χ1v) is 8.31. The van der Waals surface area contributed by atoms with Crippen LogP contribution in [0.2, 0.25) is 0 Å². The van der Waals surface area contributed by atoms with Gasteiger partial charge in [-0.1, -0.05) is 11.6 Å². The molecular weight excluding hydrogens is 260 g/mol. The Morgan fingerprint density at radius 1 is 1.32 bits per heavy atom. The van der Waals surface area contributed by atoms with Gasteiger partial charge in [0.05, 0.1) is 11.3 Å². The highest BCUT2D eigenvalue weighted by Crippen LogP contribution is 2.39. The van der Waals surface area contributed by atoms with Crippen LogP contribution >= 0.6 is 11.8 Å². The Labute approximate surface area is 118 Å². The third-order valence-corrected chi connectivity index (χ3v) is 5.26. The van der Waals surface area contributed by atoms with E-state index in [1.165, 1.54) is 31.4 Å². The molecule has 1 aromatic heterocycles. The first-order valence-electron chi connectivity index (χ1n) is 7.26. The number of rotatable bonds is 4. The van der Waals surface area contributed by atoms with Gasteiger partial charge in [-0.05, 0) is 44.5 Å². The smallest absolute Gasteiger partial charge is 0.239 e. The summed E-state index contributed by atoms with van der Waals surface area (Å²) < 4.78 is 5.38. The van der Waals surface area contributed by atoms with Gasteiger partial charge in [0, 0.05) is 6.54 Å². The topological polar surface area (TPSA) is 68.2 Å². The highest BCUT2D eigenvalue weighted by Gasteiger charge is 2.25.